The Hall–Kier alpha value is -3.20. The van der Waals surface area contributed by atoms with Crippen molar-refractivity contribution in [1.82, 2.24) is 0 Å². The van der Waals surface area contributed by atoms with Crippen molar-refractivity contribution < 1.29 is 23.4 Å². The molecule has 1 heterocycles. The molecule has 0 aliphatic heterocycles. The van der Waals surface area contributed by atoms with Gasteiger partial charge in [-0.15, -0.1) is 0 Å². The molecule has 4 aromatic rings. The lowest BCUT2D eigenvalue weighted by molar-refractivity contribution is 0.297. The molecule has 0 spiro atoms. The van der Waals surface area contributed by atoms with Crippen molar-refractivity contribution in [2.24, 2.45) is 0 Å². The Morgan fingerprint density at radius 1 is 0.844 bits per heavy atom. The molecule has 0 saturated heterocycles. The molecule has 0 unspecified atom stereocenters. The molecule has 0 aliphatic carbocycles. The molecule has 0 amide bonds. The Kier molecular flexibility index (Phi) is 6.55. The lowest BCUT2D eigenvalue weighted by Gasteiger charge is -2.16. The molecular formula is C25H21IO6. The molecule has 164 valence electrons. The largest absolute Gasteiger partial charge is 0.493 e. The second kappa shape index (κ2) is 9.52. The first kappa shape index (κ1) is 22.0. The van der Waals surface area contributed by atoms with E-state index in [2.05, 4.69) is 22.6 Å². The van der Waals surface area contributed by atoms with E-state index in [4.69, 9.17) is 23.4 Å². The van der Waals surface area contributed by atoms with Crippen LogP contribution in [0.5, 0.6) is 23.0 Å². The molecule has 0 N–H and O–H groups in total. The third-order valence-electron chi connectivity index (χ3n) is 4.97. The molecule has 1 aromatic heterocycles. The normalized spacial score (nSPS) is 10.8. The summed E-state index contributed by atoms with van der Waals surface area (Å²) in [4.78, 5) is 13.4. The van der Waals surface area contributed by atoms with Gasteiger partial charge < -0.3 is 23.4 Å². The van der Waals surface area contributed by atoms with Crippen LogP contribution in [0, 0.1) is 3.57 Å². The van der Waals surface area contributed by atoms with Crippen molar-refractivity contribution in [3.05, 3.63) is 80.0 Å². The van der Waals surface area contributed by atoms with E-state index < -0.39 is 0 Å². The fourth-order valence-electron chi connectivity index (χ4n) is 3.41. The standard InChI is InChI=1S/C25H21IO6/c1-28-20-11-16(12-21(29-2)24(20)30-3)23-25(31-14-15-7-5-4-6-8-15)22(27)18-10-9-17(26)13-19(18)32-23/h4-13H,14H2,1-3H3. The molecule has 6 nitrogen and oxygen atoms in total. The first-order chi connectivity index (χ1) is 15.5. The van der Waals surface area contributed by atoms with Gasteiger partial charge in [-0.05, 0) is 58.5 Å². The average Bonchev–Trinajstić information content (AvgIpc) is 2.82. The molecule has 0 aliphatic rings. The Bertz CT molecular complexity index is 1290. The number of methoxy groups -OCH3 is 3. The molecular weight excluding hydrogens is 523 g/mol. The summed E-state index contributed by atoms with van der Waals surface area (Å²) in [6.45, 7) is 0.221. The topological polar surface area (TPSA) is 67.1 Å². The summed E-state index contributed by atoms with van der Waals surface area (Å²) in [6.07, 6.45) is 0. The summed E-state index contributed by atoms with van der Waals surface area (Å²) in [5.74, 6) is 1.75. The highest BCUT2D eigenvalue weighted by atomic mass is 127. The molecule has 0 fully saturated rings. The van der Waals surface area contributed by atoms with Crippen LogP contribution < -0.4 is 24.4 Å². The monoisotopic (exact) mass is 544 g/mol. The first-order valence-electron chi connectivity index (χ1n) is 9.79. The minimum atomic E-state index is -0.248. The number of hydrogen-bond acceptors (Lipinski definition) is 6. The van der Waals surface area contributed by atoms with Gasteiger partial charge in [-0.25, -0.2) is 0 Å². The third kappa shape index (κ3) is 4.25. The van der Waals surface area contributed by atoms with Gasteiger partial charge in [0, 0.05) is 9.13 Å². The van der Waals surface area contributed by atoms with Gasteiger partial charge >= 0.3 is 0 Å². The van der Waals surface area contributed by atoms with E-state index in [9.17, 15) is 4.79 Å². The Morgan fingerprint density at radius 2 is 1.53 bits per heavy atom. The number of benzene rings is 3. The van der Waals surface area contributed by atoms with Crippen molar-refractivity contribution in [3.8, 4) is 34.3 Å². The second-order valence-electron chi connectivity index (χ2n) is 6.92. The van der Waals surface area contributed by atoms with Gasteiger partial charge in [0.05, 0.1) is 26.7 Å². The zero-order chi connectivity index (χ0) is 22.7. The number of hydrogen-bond donors (Lipinski definition) is 0. The molecule has 4 rings (SSSR count). The van der Waals surface area contributed by atoms with Crippen molar-refractivity contribution >= 4 is 33.6 Å². The van der Waals surface area contributed by atoms with Crippen LogP contribution in [-0.2, 0) is 6.61 Å². The Balaban J connectivity index is 1.93. The van der Waals surface area contributed by atoms with Crippen molar-refractivity contribution in [2.75, 3.05) is 21.3 Å². The molecule has 7 heteroatoms. The third-order valence-corrected chi connectivity index (χ3v) is 5.64. The molecule has 3 aromatic carbocycles. The molecule has 0 saturated carbocycles. The molecule has 0 radical (unpaired) electrons. The van der Waals surface area contributed by atoms with Gasteiger partial charge in [-0.3, -0.25) is 4.79 Å². The fraction of sp³-hybridized carbons (Fsp3) is 0.160. The predicted octanol–water partition coefficient (Wildman–Crippen LogP) is 5.67. The summed E-state index contributed by atoms with van der Waals surface area (Å²) in [5.41, 5.74) is 1.73. The van der Waals surface area contributed by atoms with E-state index in [-0.39, 0.29) is 17.8 Å². The van der Waals surface area contributed by atoms with Gasteiger partial charge in [0.2, 0.25) is 16.9 Å². The smallest absolute Gasteiger partial charge is 0.235 e. The summed E-state index contributed by atoms with van der Waals surface area (Å²) in [6, 6.07) is 18.5. The van der Waals surface area contributed by atoms with Crippen LogP contribution in [0.25, 0.3) is 22.3 Å². The SMILES string of the molecule is COc1cc(-c2oc3cc(I)ccc3c(=O)c2OCc2ccccc2)cc(OC)c1OC. The minimum absolute atomic E-state index is 0.122. The van der Waals surface area contributed by atoms with E-state index >= 15 is 0 Å². The summed E-state index contributed by atoms with van der Waals surface area (Å²) in [5, 5.41) is 0.449. The van der Waals surface area contributed by atoms with E-state index in [0.717, 1.165) is 9.13 Å². The van der Waals surface area contributed by atoms with Gasteiger partial charge in [0.25, 0.3) is 0 Å². The van der Waals surface area contributed by atoms with E-state index in [1.807, 2.05) is 42.5 Å². The van der Waals surface area contributed by atoms with Crippen LogP contribution in [0.3, 0.4) is 0 Å². The number of halogens is 1. The van der Waals surface area contributed by atoms with Crippen LogP contribution >= 0.6 is 22.6 Å². The van der Waals surface area contributed by atoms with Crippen LogP contribution in [0.15, 0.2) is 69.9 Å². The number of rotatable bonds is 7. The summed E-state index contributed by atoms with van der Waals surface area (Å²) < 4.78 is 29.6. The maximum atomic E-state index is 13.4. The maximum absolute atomic E-state index is 13.4. The van der Waals surface area contributed by atoms with Gasteiger partial charge in [0.1, 0.15) is 12.2 Å². The minimum Gasteiger partial charge on any atom is -0.493 e. The number of fused-ring (bicyclic) bond motifs is 1. The molecule has 32 heavy (non-hydrogen) atoms. The van der Waals surface area contributed by atoms with Crippen LogP contribution in [0.4, 0.5) is 0 Å². The van der Waals surface area contributed by atoms with Crippen molar-refractivity contribution in [3.63, 3.8) is 0 Å². The lowest BCUT2D eigenvalue weighted by atomic mass is 10.1. The number of ether oxygens (including phenoxy) is 4. The Morgan fingerprint density at radius 3 is 2.16 bits per heavy atom. The molecule has 0 bridgehead atoms. The lowest BCUT2D eigenvalue weighted by Crippen LogP contribution is -2.10. The quantitative estimate of drug-likeness (QED) is 0.280. The molecule has 0 atom stereocenters. The maximum Gasteiger partial charge on any atom is 0.235 e. The highest BCUT2D eigenvalue weighted by Gasteiger charge is 2.22. The zero-order valence-electron chi connectivity index (χ0n) is 17.8. The first-order valence-corrected chi connectivity index (χ1v) is 10.9. The van der Waals surface area contributed by atoms with E-state index in [0.29, 0.717) is 39.5 Å². The fourth-order valence-corrected chi connectivity index (χ4v) is 3.88. The second-order valence-corrected chi connectivity index (χ2v) is 8.16. The van der Waals surface area contributed by atoms with Crippen molar-refractivity contribution in [1.29, 1.82) is 0 Å². The summed E-state index contributed by atoms with van der Waals surface area (Å²) in [7, 11) is 4.60. The summed E-state index contributed by atoms with van der Waals surface area (Å²) >= 11 is 2.18. The Labute approximate surface area is 198 Å². The van der Waals surface area contributed by atoms with E-state index in [1.54, 1.807) is 18.2 Å². The highest BCUT2D eigenvalue weighted by molar-refractivity contribution is 14.1. The van der Waals surface area contributed by atoms with Gasteiger partial charge in [-0.1, -0.05) is 30.3 Å². The average molecular weight is 544 g/mol. The van der Waals surface area contributed by atoms with Crippen molar-refractivity contribution in [2.45, 2.75) is 6.61 Å². The van der Waals surface area contributed by atoms with Gasteiger partial charge in [0.15, 0.2) is 17.3 Å². The van der Waals surface area contributed by atoms with Crippen LogP contribution in [0.2, 0.25) is 0 Å². The zero-order valence-corrected chi connectivity index (χ0v) is 20.0. The van der Waals surface area contributed by atoms with Crippen LogP contribution in [-0.4, -0.2) is 21.3 Å². The van der Waals surface area contributed by atoms with Crippen LogP contribution in [0.1, 0.15) is 5.56 Å². The van der Waals surface area contributed by atoms with E-state index in [1.165, 1.54) is 21.3 Å². The highest BCUT2D eigenvalue weighted by Crippen LogP contribution is 2.43. The van der Waals surface area contributed by atoms with Gasteiger partial charge in [-0.2, -0.15) is 0 Å². The predicted molar refractivity (Wildman–Crippen MR) is 131 cm³/mol.